The lowest BCUT2D eigenvalue weighted by molar-refractivity contribution is -0.116. The van der Waals surface area contributed by atoms with Crippen LogP contribution in [-0.2, 0) is 4.79 Å². The number of nitrogens with one attached hydrogen (secondary N) is 1. The molecule has 0 spiro atoms. The molecule has 0 bridgehead atoms. The van der Waals surface area contributed by atoms with E-state index in [1.54, 1.807) is 0 Å². The van der Waals surface area contributed by atoms with E-state index in [4.69, 9.17) is 4.74 Å². The van der Waals surface area contributed by atoms with E-state index in [1.807, 2.05) is 60.7 Å². The highest BCUT2D eigenvalue weighted by Gasteiger charge is 2.04. The number of hydrogen-bond donors (Lipinski definition) is 1. The van der Waals surface area contributed by atoms with Crippen LogP contribution in [0.5, 0.6) is 5.75 Å². The molecule has 0 radical (unpaired) electrons. The van der Waals surface area contributed by atoms with E-state index < -0.39 is 0 Å². The number of rotatable bonds is 6. The average Bonchev–Trinajstić information content (AvgIpc) is 2.59. The minimum atomic E-state index is 0.00289. The Balaban J connectivity index is 1.46. The van der Waals surface area contributed by atoms with Crippen molar-refractivity contribution in [3.05, 3.63) is 71.2 Å². The van der Waals surface area contributed by atoms with Crippen molar-refractivity contribution >= 4 is 38.3 Å². The number of carbonyl (C=O) groups is 1. The number of fused-ring (bicyclic) bond motifs is 1. The van der Waals surface area contributed by atoms with Gasteiger partial charge in [0.2, 0.25) is 5.91 Å². The Morgan fingerprint density at radius 2 is 1.79 bits per heavy atom. The van der Waals surface area contributed by atoms with Crippen molar-refractivity contribution in [1.29, 1.82) is 0 Å². The molecule has 0 unspecified atom stereocenters. The molecule has 0 aromatic heterocycles. The maximum absolute atomic E-state index is 12.0. The van der Waals surface area contributed by atoms with E-state index >= 15 is 0 Å². The second kappa shape index (κ2) is 7.97. The van der Waals surface area contributed by atoms with Crippen LogP contribution in [0.3, 0.4) is 0 Å². The molecule has 3 rings (SSSR count). The normalized spacial score (nSPS) is 10.5. The van der Waals surface area contributed by atoms with Crippen LogP contribution in [0.2, 0.25) is 0 Å². The molecule has 0 aliphatic carbocycles. The van der Waals surface area contributed by atoms with Crippen molar-refractivity contribution < 1.29 is 9.53 Å². The molecule has 3 aromatic carbocycles. The van der Waals surface area contributed by atoms with Crippen molar-refractivity contribution in [1.82, 2.24) is 0 Å². The lowest BCUT2D eigenvalue weighted by Crippen LogP contribution is -2.12. The number of anilines is 1. The van der Waals surface area contributed by atoms with Crippen LogP contribution in [0.4, 0.5) is 5.69 Å². The third-order valence-corrected chi connectivity index (χ3v) is 4.14. The summed E-state index contributed by atoms with van der Waals surface area (Å²) in [6, 6.07) is 21.7. The summed E-state index contributed by atoms with van der Waals surface area (Å²) in [5.74, 6) is 0.808. The predicted molar refractivity (Wildman–Crippen MR) is 101 cm³/mol. The highest BCUT2D eigenvalue weighted by atomic mass is 79.9. The van der Waals surface area contributed by atoms with Gasteiger partial charge in [-0.1, -0.05) is 52.3 Å². The van der Waals surface area contributed by atoms with E-state index in [2.05, 4.69) is 27.3 Å². The summed E-state index contributed by atoms with van der Waals surface area (Å²) in [4.78, 5) is 12.0. The van der Waals surface area contributed by atoms with Crippen LogP contribution < -0.4 is 10.1 Å². The topological polar surface area (TPSA) is 38.3 Å². The van der Waals surface area contributed by atoms with Crippen LogP contribution in [-0.4, -0.2) is 12.5 Å². The minimum absolute atomic E-state index is 0.00289. The number of ether oxygens (including phenoxy) is 1. The Morgan fingerprint density at radius 3 is 2.62 bits per heavy atom. The zero-order chi connectivity index (χ0) is 16.8. The van der Waals surface area contributed by atoms with Crippen LogP contribution in [0.15, 0.2) is 71.2 Å². The maximum atomic E-state index is 12.0. The molecule has 24 heavy (non-hydrogen) atoms. The number of carbonyl (C=O) groups excluding carboxylic acids is 1. The SMILES string of the molecule is O=C(CCCOc1cccc(Br)c1)Nc1ccc2ccccc2c1. The predicted octanol–water partition coefficient (Wildman–Crippen LogP) is 5.40. The minimum Gasteiger partial charge on any atom is -0.494 e. The number of amides is 1. The van der Waals surface area contributed by atoms with Gasteiger partial charge < -0.3 is 10.1 Å². The van der Waals surface area contributed by atoms with E-state index in [0.29, 0.717) is 19.4 Å². The van der Waals surface area contributed by atoms with Crippen molar-refractivity contribution in [3.63, 3.8) is 0 Å². The van der Waals surface area contributed by atoms with Crippen molar-refractivity contribution in [2.24, 2.45) is 0 Å². The van der Waals surface area contributed by atoms with Crippen LogP contribution in [0.1, 0.15) is 12.8 Å². The zero-order valence-electron chi connectivity index (χ0n) is 13.2. The molecule has 3 nitrogen and oxygen atoms in total. The summed E-state index contributed by atoms with van der Waals surface area (Å²) in [5, 5.41) is 5.22. The maximum Gasteiger partial charge on any atom is 0.224 e. The highest BCUT2D eigenvalue weighted by Crippen LogP contribution is 2.20. The summed E-state index contributed by atoms with van der Waals surface area (Å²) in [5.41, 5.74) is 0.826. The van der Waals surface area contributed by atoms with Gasteiger partial charge in [0, 0.05) is 16.6 Å². The molecule has 0 aliphatic rings. The molecule has 4 heteroatoms. The molecule has 1 amide bonds. The standard InChI is InChI=1S/C20H18BrNO2/c21-17-7-3-8-19(14-17)24-12-4-9-20(23)22-18-11-10-15-5-1-2-6-16(15)13-18/h1-3,5-8,10-11,13-14H,4,9,12H2,(H,22,23). The van der Waals surface area contributed by atoms with E-state index in [-0.39, 0.29) is 5.91 Å². The zero-order valence-corrected chi connectivity index (χ0v) is 14.8. The molecule has 0 atom stereocenters. The molecule has 122 valence electrons. The van der Waals surface area contributed by atoms with Gasteiger partial charge in [-0.3, -0.25) is 4.79 Å². The van der Waals surface area contributed by atoms with E-state index in [9.17, 15) is 4.79 Å². The highest BCUT2D eigenvalue weighted by molar-refractivity contribution is 9.10. The Labute approximate surface area is 149 Å². The molecule has 0 saturated heterocycles. The quantitative estimate of drug-likeness (QED) is 0.578. The number of halogens is 1. The van der Waals surface area contributed by atoms with Crippen LogP contribution >= 0.6 is 15.9 Å². The molecule has 0 fully saturated rings. The summed E-state index contributed by atoms with van der Waals surface area (Å²) in [6.07, 6.45) is 1.10. The molecule has 1 N–H and O–H groups in total. The molecule has 0 saturated carbocycles. The Bertz CT molecular complexity index is 848. The first-order chi connectivity index (χ1) is 11.7. The monoisotopic (exact) mass is 383 g/mol. The molecular formula is C20H18BrNO2. The van der Waals surface area contributed by atoms with Gasteiger partial charge in [-0.05, 0) is 47.5 Å². The van der Waals surface area contributed by atoms with Gasteiger partial charge in [-0.2, -0.15) is 0 Å². The first-order valence-corrected chi connectivity index (χ1v) is 8.67. The molecular weight excluding hydrogens is 366 g/mol. The fraction of sp³-hybridized carbons (Fsp3) is 0.150. The summed E-state index contributed by atoms with van der Waals surface area (Å²) in [6.45, 7) is 0.515. The smallest absolute Gasteiger partial charge is 0.224 e. The fourth-order valence-electron chi connectivity index (χ4n) is 2.47. The first kappa shape index (κ1) is 16.5. The van der Waals surface area contributed by atoms with Crippen LogP contribution in [0, 0.1) is 0 Å². The molecule has 0 aliphatic heterocycles. The molecule has 3 aromatic rings. The third-order valence-electron chi connectivity index (χ3n) is 3.65. The summed E-state index contributed by atoms with van der Waals surface area (Å²) < 4.78 is 6.62. The van der Waals surface area contributed by atoms with Crippen molar-refractivity contribution in [3.8, 4) is 5.75 Å². The first-order valence-electron chi connectivity index (χ1n) is 7.88. The van der Waals surface area contributed by atoms with Gasteiger partial charge in [0.05, 0.1) is 6.61 Å². The summed E-state index contributed by atoms with van der Waals surface area (Å²) in [7, 11) is 0. The van der Waals surface area contributed by atoms with Gasteiger partial charge in [-0.15, -0.1) is 0 Å². The largest absolute Gasteiger partial charge is 0.494 e. The fourth-order valence-corrected chi connectivity index (χ4v) is 2.85. The van der Waals surface area contributed by atoms with E-state index in [0.717, 1.165) is 26.7 Å². The Kier molecular flexibility index (Phi) is 5.49. The number of benzene rings is 3. The second-order valence-corrected chi connectivity index (χ2v) is 6.44. The third kappa shape index (κ3) is 4.59. The Morgan fingerprint density at radius 1 is 0.958 bits per heavy atom. The van der Waals surface area contributed by atoms with Crippen molar-refractivity contribution in [2.45, 2.75) is 12.8 Å². The van der Waals surface area contributed by atoms with Crippen LogP contribution in [0.25, 0.3) is 10.8 Å². The van der Waals surface area contributed by atoms with Gasteiger partial charge in [0.1, 0.15) is 5.75 Å². The average molecular weight is 384 g/mol. The van der Waals surface area contributed by atoms with Gasteiger partial charge >= 0.3 is 0 Å². The van der Waals surface area contributed by atoms with Gasteiger partial charge in [0.25, 0.3) is 0 Å². The number of hydrogen-bond acceptors (Lipinski definition) is 2. The van der Waals surface area contributed by atoms with Gasteiger partial charge in [0.15, 0.2) is 0 Å². The van der Waals surface area contributed by atoms with E-state index in [1.165, 1.54) is 0 Å². The lowest BCUT2D eigenvalue weighted by Gasteiger charge is -2.08. The lowest BCUT2D eigenvalue weighted by atomic mass is 10.1. The summed E-state index contributed by atoms with van der Waals surface area (Å²) >= 11 is 3.40. The van der Waals surface area contributed by atoms with Crippen molar-refractivity contribution in [2.75, 3.05) is 11.9 Å². The molecule has 0 heterocycles. The van der Waals surface area contributed by atoms with Gasteiger partial charge in [-0.25, -0.2) is 0 Å². The Hall–Kier alpha value is -2.33. The second-order valence-electron chi connectivity index (χ2n) is 5.52.